The molecule has 1 atom stereocenters. The minimum Gasteiger partial charge on any atom is -0.481 e. The Bertz CT molecular complexity index is 1890. The van der Waals surface area contributed by atoms with Gasteiger partial charge < -0.3 is 15.1 Å². The first-order chi connectivity index (χ1) is 24.5. The number of benzene rings is 2. The fourth-order valence-electron chi connectivity index (χ4n) is 7.19. The summed E-state index contributed by atoms with van der Waals surface area (Å²) in [6, 6.07) is 16.0. The van der Waals surface area contributed by atoms with Crippen LogP contribution in [0.1, 0.15) is 103 Å². The van der Waals surface area contributed by atoms with Crippen LogP contribution in [0.15, 0.2) is 72.0 Å². The molecule has 9 heteroatoms. The standard InChI is InChI=1S/C42H51N5O4/c1-6-7-8-9-12-25-42(4)34-29-33(44-5)19-20-35(34)45(27-23-40(48)49)38(42)21-17-32(30-43)18-22-39-46(26-13-14-31(2)3)36-15-10-11-16-37(36)47(39)28-24-41(50)51/h10-11,15-22,29,31H,6-9,12-14,23-28H2,1-4H3,(H-,48,49,50,51)/p+1. The van der Waals surface area contributed by atoms with Crippen LogP contribution >= 0.6 is 0 Å². The molecule has 4 rings (SSSR count). The maximum Gasteiger partial charge on any atom is 0.307 e. The summed E-state index contributed by atoms with van der Waals surface area (Å²) >= 11 is 0. The van der Waals surface area contributed by atoms with Crippen LogP contribution in [0.3, 0.4) is 0 Å². The quantitative estimate of drug-likeness (QED) is 0.0426. The second-order valence-corrected chi connectivity index (χ2v) is 14.1. The number of carboxylic acid groups (broad SMARTS) is 2. The van der Waals surface area contributed by atoms with E-state index in [1.165, 1.54) is 6.42 Å². The number of aromatic nitrogens is 2. The fraction of sp³-hybridized carbons (Fsp3) is 0.452. The van der Waals surface area contributed by atoms with E-state index in [9.17, 15) is 25.1 Å². The average molecular weight is 691 g/mol. The van der Waals surface area contributed by atoms with E-state index in [4.69, 9.17) is 6.57 Å². The van der Waals surface area contributed by atoms with E-state index in [1.807, 2.05) is 52.0 Å². The topological polar surface area (TPSA) is 115 Å². The highest BCUT2D eigenvalue weighted by molar-refractivity contribution is 5.77. The summed E-state index contributed by atoms with van der Waals surface area (Å²) in [6.45, 7) is 17.8. The van der Waals surface area contributed by atoms with Gasteiger partial charge in [0, 0.05) is 29.4 Å². The van der Waals surface area contributed by atoms with E-state index in [0.717, 1.165) is 85.3 Å². The van der Waals surface area contributed by atoms with E-state index in [2.05, 4.69) is 49.2 Å². The third kappa shape index (κ3) is 9.55. The monoisotopic (exact) mass is 690 g/mol. The number of carboxylic acids is 2. The van der Waals surface area contributed by atoms with Crippen molar-refractivity contribution in [3.63, 3.8) is 0 Å². The summed E-state index contributed by atoms with van der Waals surface area (Å²) < 4.78 is 4.24. The molecule has 0 fully saturated rings. The number of para-hydroxylation sites is 2. The van der Waals surface area contributed by atoms with Gasteiger partial charge in [-0.05, 0) is 74.1 Å². The molecule has 0 saturated carbocycles. The Morgan fingerprint density at radius 1 is 1.04 bits per heavy atom. The van der Waals surface area contributed by atoms with Crippen LogP contribution in [0.25, 0.3) is 22.0 Å². The van der Waals surface area contributed by atoms with Gasteiger partial charge >= 0.3 is 11.9 Å². The van der Waals surface area contributed by atoms with Crippen LogP contribution < -0.4 is 9.47 Å². The zero-order valence-corrected chi connectivity index (χ0v) is 30.6. The molecule has 9 nitrogen and oxygen atoms in total. The highest BCUT2D eigenvalue weighted by atomic mass is 16.4. The molecule has 0 aliphatic carbocycles. The number of unbranched alkanes of at least 4 members (excludes halogenated alkanes) is 4. The van der Waals surface area contributed by atoms with Gasteiger partial charge in [-0.25, -0.2) is 14.0 Å². The minimum absolute atomic E-state index is 0.0302. The lowest BCUT2D eigenvalue weighted by atomic mass is 9.76. The molecule has 1 aromatic heterocycles. The molecule has 2 aromatic carbocycles. The third-order valence-corrected chi connectivity index (χ3v) is 9.87. The molecule has 0 spiro atoms. The number of allylic oxidation sites excluding steroid dienone is 5. The number of fused-ring (bicyclic) bond motifs is 2. The van der Waals surface area contributed by atoms with Crippen molar-refractivity contribution in [1.29, 1.82) is 5.26 Å². The Balaban J connectivity index is 1.81. The summed E-state index contributed by atoms with van der Waals surface area (Å²) in [5.74, 6) is -0.383. The van der Waals surface area contributed by atoms with Gasteiger partial charge in [-0.15, -0.1) is 0 Å². The molecular formula is C42H52N5O4+. The van der Waals surface area contributed by atoms with Gasteiger partial charge in [0.15, 0.2) is 16.7 Å². The molecule has 0 amide bonds. The van der Waals surface area contributed by atoms with E-state index in [1.54, 1.807) is 18.2 Å². The largest absolute Gasteiger partial charge is 0.481 e. The van der Waals surface area contributed by atoms with Crippen molar-refractivity contribution in [3.8, 4) is 6.07 Å². The second-order valence-electron chi connectivity index (χ2n) is 14.1. The maximum atomic E-state index is 11.8. The average Bonchev–Trinajstić information content (AvgIpc) is 3.53. The van der Waals surface area contributed by atoms with Gasteiger partial charge in [0.05, 0.1) is 37.6 Å². The molecule has 2 N–H and O–H groups in total. The number of carbonyl (C=O) groups is 2. The molecule has 1 aliphatic heterocycles. The molecule has 51 heavy (non-hydrogen) atoms. The Morgan fingerprint density at radius 2 is 1.76 bits per heavy atom. The first-order valence-corrected chi connectivity index (χ1v) is 18.3. The number of nitrogens with zero attached hydrogens (tertiary/aromatic N) is 5. The fourth-order valence-corrected chi connectivity index (χ4v) is 7.19. The summed E-state index contributed by atoms with van der Waals surface area (Å²) in [4.78, 5) is 29.1. The molecule has 0 bridgehead atoms. The van der Waals surface area contributed by atoms with Crippen molar-refractivity contribution in [2.45, 2.75) is 110 Å². The summed E-state index contributed by atoms with van der Waals surface area (Å²) in [6.07, 6.45) is 15.7. The van der Waals surface area contributed by atoms with Crippen LogP contribution in [0.2, 0.25) is 0 Å². The van der Waals surface area contributed by atoms with Crippen molar-refractivity contribution in [2.24, 2.45) is 5.92 Å². The summed E-state index contributed by atoms with van der Waals surface area (Å²) in [5.41, 5.74) is 5.26. The van der Waals surface area contributed by atoms with E-state index >= 15 is 0 Å². The molecule has 268 valence electrons. The highest BCUT2D eigenvalue weighted by Crippen LogP contribution is 2.52. The lowest BCUT2D eigenvalue weighted by molar-refractivity contribution is -0.674. The van der Waals surface area contributed by atoms with Crippen LogP contribution in [0.5, 0.6) is 0 Å². The first-order valence-electron chi connectivity index (χ1n) is 18.3. The molecule has 3 aromatic rings. The van der Waals surface area contributed by atoms with Crippen molar-refractivity contribution in [2.75, 3.05) is 11.4 Å². The normalized spacial score (nSPS) is 16.6. The molecular weight excluding hydrogens is 638 g/mol. The van der Waals surface area contributed by atoms with E-state index in [-0.39, 0.29) is 19.4 Å². The number of imidazole rings is 1. The molecule has 0 radical (unpaired) electrons. The van der Waals surface area contributed by atoms with Crippen LogP contribution in [0.4, 0.5) is 11.4 Å². The Hall–Kier alpha value is -5.15. The SMILES string of the molecule is [C-]#[N+]c1ccc2c(c1)C(C)(CCCCCCC)\C(=C/C=C(C#N)/C=C/c1n(CCC(=O)O)c3ccccc3[n+]1CCCC(C)C)N2CCC(=O)O. The number of hydrogen-bond acceptors (Lipinski definition) is 4. The van der Waals surface area contributed by atoms with Crippen LogP contribution in [0, 0.1) is 23.8 Å². The van der Waals surface area contributed by atoms with E-state index < -0.39 is 17.4 Å². The maximum absolute atomic E-state index is 11.8. The number of hydrogen-bond donors (Lipinski definition) is 2. The van der Waals surface area contributed by atoms with Gasteiger partial charge in [0.1, 0.15) is 6.54 Å². The van der Waals surface area contributed by atoms with Gasteiger partial charge in [-0.3, -0.25) is 9.59 Å². The predicted molar refractivity (Wildman–Crippen MR) is 202 cm³/mol. The Kier molecular flexibility index (Phi) is 13.8. The van der Waals surface area contributed by atoms with Crippen molar-refractivity contribution in [3.05, 3.63) is 94.8 Å². The zero-order chi connectivity index (χ0) is 37.0. The number of nitriles is 1. The number of rotatable bonds is 19. The second kappa shape index (κ2) is 18.2. The van der Waals surface area contributed by atoms with Crippen molar-refractivity contribution >= 4 is 40.4 Å². The molecule has 0 saturated heterocycles. The smallest absolute Gasteiger partial charge is 0.307 e. The van der Waals surface area contributed by atoms with Gasteiger partial charge in [-0.2, -0.15) is 5.26 Å². The van der Waals surface area contributed by atoms with Crippen LogP contribution in [-0.2, 0) is 28.1 Å². The number of aryl methyl sites for hydroxylation is 2. The minimum atomic E-state index is -0.891. The third-order valence-electron chi connectivity index (χ3n) is 9.87. The van der Waals surface area contributed by atoms with E-state index in [0.29, 0.717) is 23.7 Å². The molecule has 2 heterocycles. The number of anilines is 1. The predicted octanol–water partition coefficient (Wildman–Crippen LogP) is 9.35. The Morgan fingerprint density at radius 3 is 2.45 bits per heavy atom. The van der Waals surface area contributed by atoms with Crippen molar-refractivity contribution in [1.82, 2.24) is 4.57 Å². The highest BCUT2D eigenvalue weighted by Gasteiger charge is 2.43. The first kappa shape index (κ1) is 38.6. The van der Waals surface area contributed by atoms with Crippen LogP contribution in [-0.4, -0.2) is 33.3 Å². The van der Waals surface area contributed by atoms with Gasteiger partial charge in [-0.1, -0.05) is 77.1 Å². The summed E-state index contributed by atoms with van der Waals surface area (Å²) in [5, 5.41) is 29.5. The molecule has 1 unspecified atom stereocenters. The van der Waals surface area contributed by atoms with Gasteiger partial charge in [0.25, 0.3) is 5.82 Å². The summed E-state index contributed by atoms with van der Waals surface area (Å²) in [7, 11) is 0. The molecule has 1 aliphatic rings. The number of aliphatic carboxylic acids is 2. The lowest BCUT2D eigenvalue weighted by Gasteiger charge is -2.30. The zero-order valence-electron chi connectivity index (χ0n) is 30.6. The lowest BCUT2D eigenvalue weighted by Crippen LogP contribution is -2.36. The Labute approximate surface area is 302 Å². The van der Waals surface area contributed by atoms with Crippen molar-refractivity contribution < 1.29 is 24.4 Å². The van der Waals surface area contributed by atoms with Gasteiger partial charge in [0.2, 0.25) is 0 Å².